The summed E-state index contributed by atoms with van der Waals surface area (Å²) in [6.07, 6.45) is 4.13. The van der Waals surface area contributed by atoms with Gasteiger partial charge in [0.1, 0.15) is 0 Å². The first-order valence-corrected chi connectivity index (χ1v) is 7.72. The highest BCUT2D eigenvalue weighted by atomic mass is 16.2. The molecule has 1 heterocycles. The Morgan fingerprint density at radius 1 is 1.20 bits per heavy atom. The Morgan fingerprint density at radius 2 is 1.90 bits per heavy atom. The van der Waals surface area contributed by atoms with Gasteiger partial charge in [-0.2, -0.15) is 0 Å². The van der Waals surface area contributed by atoms with Crippen molar-refractivity contribution in [2.45, 2.75) is 52.0 Å². The molecule has 0 unspecified atom stereocenters. The number of fused-ring (bicyclic) bond motifs is 2. The second kappa shape index (κ2) is 4.61. The van der Waals surface area contributed by atoms with E-state index in [1.54, 1.807) is 0 Å². The van der Waals surface area contributed by atoms with Crippen LogP contribution in [0.3, 0.4) is 0 Å². The molecule has 1 aliphatic carbocycles. The van der Waals surface area contributed by atoms with E-state index in [2.05, 4.69) is 25.7 Å². The van der Waals surface area contributed by atoms with Gasteiger partial charge in [0.2, 0.25) is 5.91 Å². The number of carbonyl (C=O) groups excluding carboxylic acids is 1. The van der Waals surface area contributed by atoms with E-state index in [1.165, 1.54) is 12.8 Å². The molecule has 1 saturated heterocycles. The van der Waals surface area contributed by atoms with Gasteiger partial charge >= 0.3 is 0 Å². The molecule has 1 aromatic carbocycles. The van der Waals surface area contributed by atoms with Gasteiger partial charge in [-0.15, -0.1) is 0 Å². The number of amides is 1. The molecule has 20 heavy (non-hydrogen) atoms. The zero-order valence-corrected chi connectivity index (χ0v) is 12.9. The molecule has 2 heteroatoms. The molecule has 0 N–H and O–H groups in total. The van der Waals surface area contributed by atoms with Crippen LogP contribution in [0.4, 0.5) is 0 Å². The van der Waals surface area contributed by atoms with Crippen LogP contribution in [0.5, 0.6) is 0 Å². The van der Waals surface area contributed by atoms with Gasteiger partial charge in [0.15, 0.2) is 0 Å². The van der Waals surface area contributed by atoms with Crippen molar-refractivity contribution < 1.29 is 4.79 Å². The van der Waals surface area contributed by atoms with Crippen LogP contribution in [0.1, 0.15) is 45.6 Å². The van der Waals surface area contributed by atoms with E-state index in [0.29, 0.717) is 23.7 Å². The van der Waals surface area contributed by atoms with Crippen molar-refractivity contribution in [2.75, 3.05) is 6.54 Å². The van der Waals surface area contributed by atoms with E-state index in [9.17, 15) is 4.79 Å². The molecule has 1 saturated carbocycles. The average molecular weight is 271 g/mol. The molecular formula is C18H25NO. The molecule has 2 atom stereocenters. The third-order valence-corrected chi connectivity index (χ3v) is 5.02. The number of carbonyl (C=O) groups is 1. The van der Waals surface area contributed by atoms with Gasteiger partial charge in [-0.25, -0.2) is 0 Å². The van der Waals surface area contributed by atoms with Gasteiger partial charge in [-0.3, -0.25) is 4.79 Å². The van der Waals surface area contributed by atoms with E-state index >= 15 is 0 Å². The normalized spacial score (nSPS) is 31.4. The minimum absolute atomic E-state index is 0.0816. The molecular weight excluding hydrogens is 246 g/mol. The van der Waals surface area contributed by atoms with Crippen LogP contribution >= 0.6 is 0 Å². The first kappa shape index (κ1) is 13.7. The molecule has 1 amide bonds. The molecule has 3 rings (SSSR count). The minimum Gasteiger partial charge on any atom is -0.337 e. The van der Waals surface area contributed by atoms with Gasteiger partial charge in [0.05, 0.1) is 6.42 Å². The maximum absolute atomic E-state index is 12.7. The van der Waals surface area contributed by atoms with Crippen molar-refractivity contribution in [1.29, 1.82) is 0 Å². The Morgan fingerprint density at radius 3 is 2.60 bits per heavy atom. The highest BCUT2D eigenvalue weighted by Crippen LogP contribution is 2.51. The predicted octanol–water partition coefficient (Wildman–Crippen LogP) is 3.66. The second-order valence-electron chi connectivity index (χ2n) is 7.78. The third kappa shape index (κ3) is 2.48. The van der Waals surface area contributed by atoms with Gasteiger partial charge in [-0.05, 0) is 43.1 Å². The fourth-order valence-electron chi connectivity index (χ4n) is 4.73. The van der Waals surface area contributed by atoms with Crippen LogP contribution < -0.4 is 0 Å². The summed E-state index contributed by atoms with van der Waals surface area (Å²) in [5.41, 5.74) is 1.58. The van der Waals surface area contributed by atoms with Crippen LogP contribution in [0.15, 0.2) is 30.3 Å². The number of likely N-dealkylation sites (tertiary alicyclic amines) is 1. The topological polar surface area (TPSA) is 20.3 Å². The van der Waals surface area contributed by atoms with E-state index in [-0.39, 0.29) is 5.54 Å². The summed E-state index contributed by atoms with van der Waals surface area (Å²) in [4.78, 5) is 14.9. The van der Waals surface area contributed by atoms with Crippen molar-refractivity contribution in [3.8, 4) is 0 Å². The monoisotopic (exact) mass is 271 g/mol. The maximum atomic E-state index is 12.7. The SMILES string of the molecule is CC1(C)C[C@@H]2CN(C(=O)Cc3ccccc3)[C@](C)(C2)C1. The van der Waals surface area contributed by atoms with Crippen LogP contribution in [0.25, 0.3) is 0 Å². The van der Waals surface area contributed by atoms with Crippen molar-refractivity contribution in [1.82, 2.24) is 4.90 Å². The lowest BCUT2D eigenvalue weighted by molar-refractivity contribution is -0.134. The van der Waals surface area contributed by atoms with Gasteiger partial charge in [0, 0.05) is 12.1 Å². The summed E-state index contributed by atoms with van der Waals surface area (Å²) in [5, 5.41) is 0. The van der Waals surface area contributed by atoms with E-state index in [0.717, 1.165) is 18.5 Å². The first-order valence-electron chi connectivity index (χ1n) is 7.72. The standard InChI is InChI=1S/C18H25NO/c1-17(2)10-15-11-18(3,13-17)19(12-15)16(20)9-14-7-5-4-6-8-14/h4-8,15H,9-13H2,1-3H3/t15-,18+/m0/s1. The molecule has 2 bridgehead atoms. The largest absolute Gasteiger partial charge is 0.337 e. The summed E-state index contributed by atoms with van der Waals surface area (Å²) in [6.45, 7) is 7.95. The van der Waals surface area contributed by atoms with Crippen LogP contribution in [-0.2, 0) is 11.2 Å². The van der Waals surface area contributed by atoms with Crippen LogP contribution in [-0.4, -0.2) is 22.9 Å². The summed E-state index contributed by atoms with van der Waals surface area (Å²) in [6, 6.07) is 10.1. The molecule has 1 aliphatic heterocycles. The zero-order valence-electron chi connectivity index (χ0n) is 12.9. The first-order chi connectivity index (χ1) is 9.38. The number of hydrogen-bond acceptors (Lipinski definition) is 1. The third-order valence-electron chi connectivity index (χ3n) is 5.02. The van der Waals surface area contributed by atoms with Crippen molar-refractivity contribution >= 4 is 5.91 Å². The highest BCUT2D eigenvalue weighted by molar-refractivity contribution is 5.80. The lowest BCUT2D eigenvalue weighted by Gasteiger charge is -2.43. The molecule has 0 aromatic heterocycles. The van der Waals surface area contributed by atoms with Crippen LogP contribution in [0.2, 0.25) is 0 Å². The smallest absolute Gasteiger partial charge is 0.227 e. The van der Waals surface area contributed by atoms with Crippen LogP contribution in [0, 0.1) is 11.3 Å². The second-order valence-corrected chi connectivity index (χ2v) is 7.78. The van der Waals surface area contributed by atoms with E-state index in [1.807, 2.05) is 30.3 Å². The number of benzene rings is 1. The number of rotatable bonds is 2. The summed E-state index contributed by atoms with van der Waals surface area (Å²) in [7, 11) is 0. The summed E-state index contributed by atoms with van der Waals surface area (Å²) in [5.74, 6) is 1.00. The molecule has 2 fully saturated rings. The quantitative estimate of drug-likeness (QED) is 0.804. The zero-order chi connectivity index (χ0) is 14.4. The average Bonchev–Trinajstić information content (AvgIpc) is 2.59. The predicted molar refractivity (Wildman–Crippen MR) is 81.4 cm³/mol. The Hall–Kier alpha value is -1.31. The Bertz CT molecular complexity index is 507. The van der Waals surface area contributed by atoms with Crippen molar-refractivity contribution in [3.05, 3.63) is 35.9 Å². The molecule has 1 aromatic rings. The fourth-order valence-corrected chi connectivity index (χ4v) is 4.73. The summed E-state index contributed by atoms with van der Waals surface area (Å²) >= 11 is 0. The van der Waals surface area contributed by atoms with Crippen molar-refractivity contribution in [2.24, 2.45) is 11.3 Å². The molecule has 2 nitrogen and oxygen atoms in total. The lowest BCUT2D eigenvalue weighted by atomic mass is 9.67. The summed E-state index contributed by atoms with van der Waals surface area (Å²) < 4.78 is 0. The van der Waals surface area contributed by atoms with Crippen molar-refractivity contribution in [3.63, 3.8) is 0 Å². The lowest BCUT2D eigenvalue weighted by Crippen LogP contribution is -2.48. The van der Waals surface area contributed by atoms with E-state index in [4.69, 9.17) is 0 Å². The van der Waals surface area contributed by atoms with Gasteiger partial charge in [-0.1, -0.05) is 44.2 Å². The highest BCUT2D eigenvalue weighted by Gasteiger charge is 2.51. The molecule has 0 radical (unpaired) electrons. The molecule has 2 aliphatic rings. The van der Waals surface area contributed by atoms with Gasteiger partial charge in [0.25, 0.3) is 0 Å². The number of nitrogens with zero attached hydrogens (tertiary/aromatic N) is 1. The Labute approximate surface area is 122 Å². The van der Waals surface area contributed by atoms with E-state index < -0.39 is 0 Å². The molecule has 108 valence electrons. The Balaban J connectivity index is 1.76. The Kier molecular flexibility index (Phi) is 3.15. The van der Waals surface area contributed by atoms with Gasteiger partial charge < -0.3 is 4.90 Å². The number of hydrogen-bond donors (Lipinski definition) is 0. The maximum Gasteiger partial charge on any atom is 0.227 e. The minimum atomic E-state index is 0.0816. The molecule has 0 spiro atoms. The fraction of sp³-hybridized carbons (Fsp3) is 0.611.